The van der Waals surface area contributed by atoms with Gasteiger partial charge >= 0.3 is 0 Å². The SMILES string of the molecule is C=CC(=C1NC(=O)CN(C(C)=O)C1=O)c1nc(CCC)n(C2COCCN2)c1C(C)C. The average molecular weight is 430 g/mol. The van der Waals surface area contributed by atoms with Gasteiger partial charge in [-0.05, 0) is 12.3 Å². The van der Waals surface area contributed by atoms with Gasteiger partial charge in [0.15, 0.2) is 0 Å². The molecule has 2 aliphatic heterocycles. The zero-order chi connectivity index (χ0) is 22.7. The molecule has 0 spiro atoms. The number of hydrogen-bond donors (Lipinski definition) is 2. The van der Waals surface area contributed by atoms with Crippen molar-refractivity contribution >= 4 is 23.3 Å². The summed E-state index contributed by atoms with van der Waals surface area (Å²) in [5, 5.41) is 6.13. The molecule has 0 aromatic carbocycles. The van der Waals surface area contributed by atoms with Crippen LogP contribution in [0.15, 0.2) is 18.4 Å². The third-order valence-electron chi connectivity index (χ3n) is 5.39. The number of piperazine rings is 1. The lowest BCUT2D eigenvalue weighted by molar-refractivity contribution is -0.147. The van der Waals surface area contributed by atoms with E-state index in [-0.39, 0.29) is 24.3 Å². The molecular formula is C22H31N5O4. The van der Waals surface area contributed by atoms with Gasteiger partial charge in [0, 0.05) is 31.2 Å². The summed E-state index contributed by atoms with van der Waals surface area (Å²) in [7, 11) is 0. The number of amides is 3. The van der Waals surface area contributed by atoms with Gasteiger partial charge in [0.1, 0.15) is 24.2 Å². The molecule has 9 heteroatoms. The fourth-order valence-electron chi connectivity index (χ4n) is 4.05. The highest BCUT2D eigenvalue weighted by atomic mass is 16.5. The molecule has 1 unspecified atom stereocenters. The maximum atomic E-state index is 13.0. The minimum atomic E-state index is -0.553. The smallest absolute Gasteiger partial charge is 0.278 e. The van der Waals surface area contributed by atoms with Gasteiger partial charge in [-0.3, -0.25) is 24.6 Å². The Morgan fingerprint density at radius 3 is 2.68 bits per heavy atom. The van der Waals surface area contributed by atoms with Crippen LogP contribution in [0.2, 0.25) is 0 Å². The summed E-state index contributed by atoms with van der Waals surface area (Å²) < 4.78 is 7.85. The number of carbonyl (C=O) groups is 3. The van der Waals surface area contributed by atoms with Gasteiger partial charge in [-0.15, -0.1) is 0 Å². The van der Waals surface area contributed by atoms with Crippen LogP contribution in [0, 0.1) is 0 Å². The van der Waals surface area contributed by atoms with Gasteiger partial charge in [-0.2, -0.15) is 0 Å². The number of allylic oxidation sites excluding steroid dienone is 2. The van der Waals surface area contributed by atoms with E-state index in [1.165, 1.54) is 13.0 Å². The van der Waals surface area contributed by atoms with Crippen molar-refractivity contribution in [3.05, 3.63) is 35.6 Å². The number of aryl methyl sites for hydroxylation is 1. The largest absolute Gasteiger partial charge is 0.377 e. The molecule has 1 atom stereocenters. The van der Waals surface area contributed by atoms with Crippen LogP contribution in [0.25, 0.3) is 5.57 Å². The molecule has 3 rings (SSSR count). The van der Waals surface area contributed by atoms with Crippen molar-refractivity contribution in [2.45, 2.75) is 52.6 Å². The first kappa shape index (κ1) is 22.9. The summed E-state index contributed by atoms with van der Waals surface area (Å²) in [4.78, 5) is 43.0. The van der Waals surface area contributed by atoms with E-state index in [0.717, 1.165) is 35.8 Å². The van der Waals surface area contributed by atoms with Crippen molar-refractivity contribution in [2.75, 3.05) is 26.3 Å². The van der Waals surface area contributed by atoms with E-state index in [2.05, 4.69) is 42.6 Å². The number of nitrogens with one attached hydrogen (secondary N) is 2. The molecule has 1 aromatic rings. The van der Waals surface area contributed by atoms with Crippen LogP contribution in [0.1, 0.15) is 63.4 Å². The lowest BCUT2D eigenvalue weighted by Crippen LogP contribution is -2.52. The fraction of sp³-hybridized carbons (Fsp3) is 0.545. The first-order valence-corrected chi connectivity index (χ1v) is 10.7. The second-order valence-corrected chi connectivity index (χ2v) is 8.03. The van der Waals surface area contributed by atoms with Gasteiger partial charge < -0.3 is 14.6 Å². The zero-order valence-electron chi connectivity index (χ0n) is 18.7. The van der Waals surface area contributed by atoms with Crippen LogP contribution in [0.3, 0.4) is 0 Å². The van der Waals surface area contributed by atoms with E-state index >= 15 is 0 Å². The maximum Gasteiger partial charge on any atom is 0.278 e. The van der Waals surface area contributed by atoms with Crippen molar-refractivity contribution in [2.24, 2.45) is 0 Å². The second-order valence-electron chi connectivity index (χ2n) is 8.03. The van der Waals surface area contributed by atoms with Gasteiger partial charge in [0.2, 0.25) is 11.8 Å². The van der Waals surface area contributed by atoms with E-state index in [1.807, 2.05) is 0 Å². The van der Waals surface area contributed by atoms with E-state index in [0.29, 0.717) is 24.5 Å². The number of ether oxygens (including phenoxy) is 1. The van der Waals surface area contributed by atoms with Crippen LogP contribution < -0.4 is 10.6 Å². The normalized spacial score (nSPS) is 21.3. The molecule has 2 saturated heterocycles. The number of imide groups is 1. The minimum absolute atomic E-state index is 0.0314. The molecule has 3 amide bonds. The molecule has 3 heterocycles. The number of morpholine rings is 1. The molecule has 2 fully saturated rings. The summed E-state index contributed by atoms with van der Waals surface area (Å²) in [6.07, 6.45) is 3.10. The highest BCUT2D eigenvalue weighted by Crippen LogP contribution is 2.33. The summed E-state index contributed by atoms with van der Waals surface area (Å²) in [5.74, 6) is -0.508. The van der Waals surface area contributed by atoms with Crippen molar-refractivity contribution < 1.29 is 19.1 Å². The molecule has 0 bridgehead atoms. The van der Waals surface area contributed by atoms with E-state index in [4.69, 9.17) is 9.72 Å². The maximum absolute atomic E-state index is 13.0. The molecule has 9 nitrogen and oxygen atoms in total. The fourth-order valence-corrected chi connectivity index (χ4v) is 4.05. The molecule has 0 saturated carbocycles. The van der Waals surface area contributed by atoms with Crippen molar-refractivity contribution in [3.8, 4) is 0 Å². The number of aromatic nitrogens is 2. The Morgan fingerprint density at radius 2 is 2.13 bits per heavy atom. The van der Waals surface area contributed by atoms with Crippen LogP contribution >= 0.6 is 0 Å². The van der Waals surface area contributed by atoms with Gasteiger partial charge in [0.25, 0.3) is 5.91 Å². The van der Waals surface area contributed by atoms with E-state index in [9.17, 15) is 14.4 Å². The lowest BCUT2D eigenvalue weighted by Gasteiger charge is -2.29. The molecule has 2 aliphatic rings. The van der Waals surface area contributed by atoms with Gasteiger partial charge in [-0.25, -0.2) is 4.98 Å². The van der Waals surface area contributed by atoms with Crippen LogP contribution in [-0.2, 0) is 25.5 Å². The van der Waals surface area contributed by atoms with Crippen molar-refractivity contribution in [3.63, 3.8) is 0 Å². The van der Waals surface area contributed by atoms with Gasteiger partial charge in [-0.1, -0.05) is 33.4 Å². The Morgan fingerprint density at radius 1 is 1.39 bits per heavy atom. The third-order valence-corrected chi connectivity index (χ3v) is 5.39. The molecule has 2 N–H and O–H groups in total. The Bertz CT molecular complexity index is 925. The Hall–Kier alpha value is -2.78. The first-order valence-electron chi connectivity index (χ1n) is 10.7. The lowest BCUT2D eigenvalue weighted by atomic mass is 10.00. The monoisotopic (exact) mass is 429 g/mol. The Balaban J connectivity index is 2.22. The standard InChI is InChI=1S/C22H31N5O4/c1-6-8-16-24-19(21(13(3)4)27(16)17-12-31-10-9-23-17)15(7-2)20-22(30)26(14(5)28)11-18(29)25-20/h7,13,17,23H,2,6,8-12H2,1,3-5H3,(H,25,29). The van der Waals surface area contributed by atoms with Crippen LogP contribution in [-0.4, -0.2) is 58.5 Å². The number of carbonyl (C=O) groups excluding carboxylic acids is 3. The molecule has 1 aromatic heterocycles. The second kappa shape index (κ2) is 9.57. The molecule has 0 radical (unpaired) electrons. The first-order chi connectivity index (χ1) is 14.8. The predicted molar refractivity (Wildman–Crippen MR) is 116 cm³/mol. The highest BCUT2D eigenvalue weighted by molar-refractivity contribution is 6.15. The van der Waals surface area contributed by atoms with Crippen molar-refractivity contribution in [1.29, 1.82) is 0 Å². The quantitative estimate of drug-likeness (QED) is 0.664. The minimum Gasteiger partial charge on any atom is -0.377 e. The summed E-state index contributed by atoms with van der Waals surface area (Å²) in [5.41, 5.74) is 1.97. The summed E-state index contributed by atoms with van der Waals surface area (Å²) >= 11 is 0. The number of rotatable bonds is 6. The third kappa shape index (κ3) is 4.47. The summed E-state index contributed by atoms with van der Waals surface area (Å²) in [6, 6.07) is 0. The predicted octanol–water partition coefficient (Wildman–Crippen LogP) is 1.48. The molecule has 31 heavy (non-hydrogen) atoms. The van der Waals surface area contributed by atoms with Crippen LogP contribution in [0.5, 0.6) is 0 Å². The van der Waals surface area contributed by atoms with Crippen molar-refractivity contribution in [1.82, 2.24) is 25.1 Å². The zero-order valence-corrected chi connectivity index (χ0v) is 18.7. The number of hydrogen-bond acceptors (Lipinski definition) is 6. The summed E-state index contributed by atoms with van der Waals surface area (Å²) in [6.45, 7) is 13.0. The molecule has 168 valence electrons. The van der Waals surface area contributed by atoms with Crippen LogP contribution in [0.4, 0.5) is 0 Å². The topological polar surface area (TPSA) is 106 Å². The Kier molecular flexibility index (Phi) is 7.07. The van der Waals surface area contributed by atoms with Gasteiger partial charge in [0.05, 0.1) is 18.9 Å². The number of imidazole rings is 1. The van der Waals surface area contributed by atoms with E-state index in [1.54, 1.807) is 0 Å². The van der Waals surface area contributed by atoms with E-state index < -0.39 is 17.7 Å². The number of nitrogens with zero attached hydrogens (tertiary/aromatic N) is 3. The molecule has 0 aliphatic carbocycles. The highest BCUT2D eigenvalue weighted by Gasteiger charge is 2.35. The molecular weight excluding hydrogens is 398 g/mol. The average Bonchev–Trinajstić information content (AvgIpc) is 3.10. The Labute approximate surface area is 182 Å².